The molecule has 0 aliphatic heterocycles. The van der Waals surface area contributed by atoms with Crippen molar-refractivity contribution >= 4 is 5.91 Å². The number of rotatable bonds is 7. The molecule has 0 saturated carbocycles. The first-order valence-corrected chi connectivity index (χ1v) is 8.05. The molecule has 2 aromatic rings. The van der Waals surface area contributed by atoms with Gasteiger partial charge in [0.1, 0.15) is 5.75 Å². The molecule has 0 fully saturated rings. The Morgan fingerprint density at radius 2 is 1.79 bits per heavy atom. The van der Waals surface area contributed by atoms with Crippen molar-refractivity contribution in [3.8, 4) is 11.8 Å². The zero-order valence-electron chi connectivity index (χ0n) is 14.0. The van der Waals surface area contributed by atoms with Crippen molar-refractivity contribution in [2.24, 2.45) is 5.92 Å². The summed E-state index contributed by atoms with van der Waals surface area (Å²) in [4.78, 5) is 12.2. The van der Waals surface area contributed by atoms with Gasteiger partial charge in [-0.25, -0.2) is 0 Å². The number of ether oxygens (including phenoxy) is 1. The zero-order valence-corrected chi connectivity index (χ0v) is 14.0. The van der Waals surface area contributed by atoms with Gasteiger partial charge in [0.15, 0.2) is 6.61 Å². The van der Waals surface area contributed by atoms with Crippen LogP contribution in [-0.4, -0.2) is 12.5 Å². The largest absolute Gasteiger partial charge is 0.484 e. The summed E-state index contributed by atoms with van der Waals surface area (Å²) in [6.45, 7) is 4.22. The van der Waals surface area contributed by atoms with E-state index in [1.54, 1.807) is 24.3 Å². The van der Waals surface area contributed by atoms with E-state index in [0.717, 1.165) is 12.0 Å². The number of carbonyl (C=O) groups excluding carboxylic acids is 1. The van der Waals surface area contributed by atoms with Crippen molar-refractivity contribution < 1.29 is 9.53 Å². The van der Waals surface area contributed by atoms with Crippen LogP contribution in [0.3, 0.4) is 0 Å². The van der Waals surface area contributed by atoms with E-state index < -0.39 is 0 Å². The SMILES string of the molecule is CC(C)C[C@H](NC(=O)COc1ccc(C#N)cc1)c1ccccc1. The molecule has 0 aromatic heterocycles. The lowest BCUT2D eigenvalue weighted by Crippen LogP contribution is -2.33. The molecular formula is C20H22N2O2. The van der Waals surface area contributed by atoms with E-state index >= 15 is 0 Å². The molecule has 2 rings (SSSR count). The molecular weight excluding hydrogens is 300 g/mol. The Morgan fingerprint density at radius 1 is 1.12 bits per heavy atom. The summed E-state index contributed by atoms with van der Waals surface area (Å²) in [5, 5.41) is 11.8. The van der Waals surface area contributed by atoms with Gasteiger partial charge in [0.25, 0.3) is 5.91 Å². The van der Waals surface area contributed by atoms with Gasteiger partial charge in [0.05, 0.1) is 17.7 Å². The Bertz CT molecular complexity index is 688. The van der Waals surface area contributed by atoms with E-state index in [4.69, 9.17) is 10.00 Å². The van der Waals surface area contributed by atoms with Crippen LogP contribution in [0.4, 0.5) is 0 Å². The van der Waals surface area contributed by atoms with Crippen LogP contribution in [0, 0.1) is 17.2 Å². The molecule has 0 unspecified atom stereocenters. The van der Waals surface area contributed by atoms with Crippen LogP contribution in [0.1, 0.15) is 37.4 Å². The fourth-order valence-electron chi connectivity index (χ4n) is 2.45. The van der Waals surface area contributed by atoms with Gasteiger partial charge >= 0.3 is 0 Å². The first-order valence-electron chi connectivity index (χ1n) is 8.05. The van der Waals surface area contributed by atoms with Crippen LogP contribution in [0.15, 0.2) is 54.6 Å². The van der Waals surface area contributed by atoms with E-state index in [0.29, 0.717) is 17.2 Å². The minimum absolute atomic E-state index is 0.0248. The molecule has 1 atom stereocenters. The van der Waals surface area contributed by atoms with Gasteiger partial charge in [0, 0.05) is 0 Å². The lowest BCUT2D eigenvalue weighted by molar-refractivity contribution is -0.124. The van der Waals surface area contributed by atoms with Gasteiger partial charge in [-0.15, -0.1) is 0 Å². The Kier molecular flexibility index (Phi) is 6.39. The third kappa shape index (κ3) is 5.44. The van der Waals surface area contributed by atoms with E-state index in [1.165, 1.54) is 0 Å². The normalized spacial score (nSPS) is 11.6. The molecule has 0 bridgehead atoms. The van der Waals surface area contributed by atoms with Crippen LogP contribution in [0.5, 0.6) is 5.75 Å². The Morgan fingerprint density at radius 3 is 2.38 bits per heavy atom. The van der Waals surface area contributed by atoms with Crippen molar-refractivity contribution in [3.63, 3.8) is 0 Å². The lowest BCUT2D eigenvalue weighted by Gasteiger charge is -2.21. The molecule has 0 spiro atoms. The predicted octanol–water partition coefficient (Wildman–Crippen LogP) is 3.84. The van der Waals surface area contributed by atoms with E-state index in [2.05, 4.69) is 19.2 Å². The maximum atomic E-state index is 12.2. The van der Waals surface area contributed by atoms with Crippen molar-refractivity contribution in [1.29, 1.82) is 5.26 Å². The molecule has 0 radical (unpaired) electrons. The highest BCUT2D eigenvalue weighted by molar-refractivity contribution is 5.78. The number of hydrogen-bond acceptors (Lipinski definition) is 3. The fourth-order valence-corrected chi connectivity index (χ4v) is 2.45. The van der Waals surface area contributed by atoms with Gasteiger partial charge in [-0.1, -0.05) is 44.2 Å². The van der Waals surface area contributed by atoms with Gasteiger partial charge in [-0.05, 0) is 42.2 Å². The standard InChI is InChI=1S/C20H22N2O2/c1-15(2)12-19(17-6-4-3-5-7-17)22-20(23)14-24-18-10-8-16(13-21)9-11-18/h3-11,15,19H,12,14H2,1-2H3,(H,22,23)/t19-/m0/s1. The first kappa shape index (κ1) is 17.6. The number of benzene rings is 2. The number of nitriles is 1. The maximum Gasteiger partial charge on any atom is 0.258 e. The summed E-state index contributed by atoms with van der Waals surface area (Å²) in [6.07, 6.45) is 0.868. The van der Waals surface area contributed by atoms with E-state index in [1.807, 2.05) is 36.4 Å². The van der Waals surface area contributed by atoms with Crippen molar-refractivity contribution in [2.75, 3.05) is 6.61 Å². The number of nitrogens with one attached hydrogen (secondary N) is 1. The Labute approximate surface area is 143 Å². The molecule has 4 heteroatoms. The Hall–Kier alpha value is -2.80. The minimum Gasteiger partial charge on any atom is -0.484 e. The molecule has 0 aliphatic rings. The first-order chi connectivity index (χ1) is 11.6. The summed E-state index contributed by atoms with van der Waals surface area (Å²) >= 11 is 0. The summed E-state index contributed by atoms with van der Waals surface area (Å²) in [7, 11) is 0. The van der Waals surface area contributed by atoms with E-state index in [-0.39, 0.29) is 18.6 Å². The fraction of sp³-hybridized carbons (Fsp3) is 0.300. The average molecular weight is 322 g/mol. The molecule has 124 valence electrons. The molecule has 24 heavy (non-hydrogen) atoms. The molecule has 4 nitrogen and oxygen atoms in total. The monoisotopic (exact) mass is 322 g/mol. The highest BCUT2D eigenvalue weighted by atomic mass is 16.5. The predicted molar refractivity (Wildman–Crippen MR) is 93.4 cm³/mol. The van der Waals surface area contributed by atoms with Crippen molar-refractivity contribution in [1.82, 2.24) is 5.32 Å². The van der Waals surface area contributed by atoms with Crippen molar-refractivity contribution in [3.05, 3.63) is 65.7 Å². The summed E-state index contributed by atoms with van der Waals surface area (Å²) in [6, 6.07) is 18.7. The van der Waals surface area contributed by atoms with Gasteiger partial charge in [0.2, 0.25) is 0 Å². The van der Waals surface area contributed by atoms with Crippen LogP contribution in [-0.2, 0) is 4.79 Å². The average Bonchev–Trinajstić information content (AvgIpc) is 2.60. The van der Waals surface area contributed by atoms with Gasteiger partial charge in [-0.3, -0.25) is 4.79 Å². The third-order valence-electron chi connectivity index (χ3n) is 3.60. The number of amides is 1. The summed E-state index contributed by atoms with van der Waals surface area (Å²) in [5.74, 6) is 0.882. The van der Waals surface area contributed by atoms with Crippen LogP contribution < -0.4 is 10.1 Å². The molecule has 1 N–H and O–H groups in total. The number of carbonyl (C=O) groups is 1. The van der Waals surface area contributed by atoms with Crippen molar-refractivity contribution in [2.45, 2.75) is 26.3 Å². The molecule has 0 aliphatic carbocycles. The second-order valence-corrected chi connectivity index (χ2v) is 6.09. The lowest BCUT2D eigenvalue weighted by atomic mass is 9.97. The second-order valence-electron chi connectivity index (χ2n) is 6.09. The summed E-state index contributed by atoms with van der Waals surface area (Å²) < 4.78 is 5.49. The zero-order chi connectivity index (χ0) is 17.4. The highest BCUT2D eigenvalue weighted by Crippen LogP contribution is 2.21. The smallest absolute Gasteiger partial charge is 0.258 e. The molecule has 0 saturated heterocycles. The molecule has 2 aromatic carbocycles. The maximum absolute atomic E-state index is 12.2. The van der Waals surface area contributed by atoms with Gasteiger partial charge in [-0.2, -0.15) is 5.26 Å². The Balaban J connectivity index is 1.93. The van der Waals surface area contributed by atoms with Crippen LogP contribution >= 0.6 is 0 Å². The number of nitrogens with zero attached hydrogens (tertiary/aromatic N) is 1. The molecule has 1 amide bonds. The number of hydrogen-bond donors (Lipinski definition) is 1. The summed E-state index contributed by atoms with van der Waals surface area (Å²) in [5.41, 5.74) is 1.66. The van der Waals surface area contributed by atoms with Gasteiger partial charge < -0.3 is 10.1 Å². The minimum atomic E-state index is -0.158. The third-order valence-corrected chi connectivity index (χ3v) is 3.60. The highest BCUT2D eigenvalue weighted by Gasteiger charge is 2.16. The van der Waals surface area contributed by atoms with E-state index in [9.17, 15) is 4.79 Å². The topological polar surface area (TPSA) is 62.1 Å². The quantitative estimate of drug-likeness (QED) is 0.842. The molecule has 0 heterocycles. The van der Waals surface area contributed by atoms with Crippen LogP contribution in [0.2, 0.25) is 0 Å². The second kappa shape index (κ2) is 8.73. The van der Waals surface area contributed by atoms with Crippen LogP contribution in [0.25, 0.3) is 0 Å².